The van der Waals surface area contributed by atoms with Crippen LogP contribution in [0.4, 0.5) is 9.93 Å². The number of nitrogens with zero attached hydrogens (tertiary/aromatic N) is 2. The van der Waals surface area contributed by atoms with Gasteiger partial charge in [0.25, 0.3) is 5.91 Å². The molecule has 2 unspecified atom stereocenters. The van der Waals surface area contributed by atoms with Crippen LogP contribution in [0.5, 0.6) is 0 Å². The smallest absolute Gasteiger partial charge is 0.411 e. The van der Waals surface area contributed by atoms with Crippen molar-refractivity contribution in [3.63, 3.8) is 0 Å². The Balaban J connectivity index is 1.12. The van der Waals surface area contributed by atoms with Crippen molar-refractivity contribution in [2.24, 2.45) is 5.92 Å². The number of amides is 3. The Morgan fingerprint density at radius 3 is 2.44 bits per heavy atom. The summed E-state index contributed by atoms with van der Waals surface area (Å²) in [5.41, 5.74) is 3.12. The molecule has 2 aliphatic carbocycles. The van der Waals surface area contributed by atoms with Crippen molar-refractivity contribution >= 4 is 46.1 Å². The molecular formula is C31H34N4O4S2. The van der Waals surface area contributed by atoms with Gasteiger partial charge in [0.2, 0.25) is 5.91 Å². The number of carbonyl (C=O) groups is 3. The summed E-state index contributed by atoms with van der Waals surface area (Å²) >= 11 is 3.02. The third-order valence-electron chi connectivity index (χ3n) is 7.90. The van der Waals surface area contributed by atoms with E-state index in [4.69, 9.17) is 4.74 Å². The molecule has 2 heterocycles. The second-order valence-electron chi connectivity index (χ2n) is 10.9. The van der Waals surface area contributed by atoms with Crippen LogP contribution < -0.4 is 10.6 Å². The summed E-state index contributed by atoms with van der Waals surface area (Å²) in [6.45, 7) is 0.170. The molecule has 0 radical (unpaired) electrons. The van der Waals surface area contributed by atoms with Gasteiger partial charge >= 0.3 is 6.09 Å². The van der Waals surface area contributed by atoms with E-state index in [1.807, 2.05) is 47.8 Å². The van der Waals surface area contributed by atoms with Gasteiger partial charge in [-0.3, -0.25) is 14.5 Å². The zero-order valence-corrected chi connectivity index (χ0v) is 24.4. The molecule has 3 fully saturated rings. The van der Waals surface area contributed by atoms with Crippen LogP contribution >= 0.6 is 23.1 Å². The molecule has 2 atom stereocenters. The molecule has 8 nitrogen and oxygen atoms in total. The molecule has 0 spiro atoms. The molecule has 3 aliphatic rings. The van der Waals surface area contributed by atoms with E-state index < -0.39 is 12.1 Å². The first kappa shape index (κ1) is 27.8. The third-order valence-corrected chi connectivity index (χ3v) is 10.1. The van der Waals surface area contributed by atoms with Crippen LogP contribution in [0.15, 0.2) is 60.0 Å². The largest absolute Gasteiger partial charge is 0.445 e. The molecule has 214 valence electrons. The fourth-order valence-corrected chi connectivity index (χ4v) is 7.83. The van der Waals surface area contributed by atoms with Crippen molar-refractivity contribution < 1.29 is 19.1 Å². The molecule has 2 saturated carbocycles. The molecule has 10 heteroatoms. The number of thiazole rings is 1. The average Bonchev–Trinajstić information content (AvgIpc) is 3.51. The number of rotatable bonds is 8. The first-order valence-electron chi connectivity index (χ1n) is 14.3. The molecule has 3 amide bonds. The number of hydrogen-bond acceptors (Lipinski definition) is 7. The number of anilines is 1. The second-order valence-corrected chi connectivity index (χ2v) is 12.9. The summed E-state index contributed by atoms with van der Waals surface area (Å²) in [7, 11) is 0. The highest BCUT2D eigenvalue weighted by atomic mass is 32.2. The molecule has 6 rings (SSSR count). The SMILES string of the molecule is O=C(NC1CC1)c1ccc(-c2csc(NC(=O)C3CSC(C4CCCCC4)N3C(=O)OCc3ccccc3)n2)cc1. The van der Waals surface area contributed by atoms with Gasteiger partial charge in [-0.05, 0) is 49.3 Å². The molecule has 1 aromatic heterocycles. The normalized spacial score (nSPS) is 20.9. The lowest BCUT2D eigenvalue weighted by molar-refractivity contribution is -0.120. The summed E-state index contributed by atoms with van der Waals surface area (Å²) in [6, 6.07) is 16.6. The highest BCUT2D eigenvalue weighted by molar-refractivity contribution is 8.00. The van der Waals surface area contributed by atoms with Crippen LogP contribution in [0.1, 0.15) is 60.9 Å². The number of aromatic nitrogens is 1. The zero-order valence-electron chi connectivity index (χ0n) is 22.8. The Morgan fingerprint density at radius 2 is 1.71 bits per heavy atom. The minimum absolute atomic E-state index is 0.0573. The molecule has 0 bridgehead atoms. The molecule has 2 aromatic carbocycles. The van der Waals surface area contributed by atoms with Crippen LogP contribution in [-0.4, -0.2) is 51.0 Å². The number of ether oxygens (including phenoxy) is 1. The number of thioether (sulfide) groups is 1. The monoisotopic (exact) mass is 590 g/mol. The Bertz CT molecular complexity index is 1370. The lowest BCUT2D eigenvalue weighted by Gasteiger charge is -2.34. The first-order valence-corrected chi connectivity index (χ1v) is 16.3. The van der Waals surface area contributed by atoms with Gasteiger partial charge in [0, 0.05) is 28.3 Å². The van der Waals surface area contributed by atoms with Crippen molar-refractivity contribution in [3.05, 3.63) is 71.1 Å². The molecule has 2 N–H and O–H groups in total. The maximum Gasteiger partial charge on any atom is 0.411 e. The number of carbonyl (C=O) groups excluding carboxylic acids is 3. The topological polar surface area (TPSA) is 101 Å². The van der Waals surface area contributed by atoms with Crippen molar-refractivity contribution in [1.29, 1.82) is 0 Å². The number of hydrogen-bond donors (Lipinski definition) is 2. The fourth-order valence-electron chi connectivity index (χ4n) is 5.48. The van der Waals surface area contributed by atoms with Crippen molar-refractivity contribution in [1.82, 2.24) is 15.2 Å². The third kappa shape index (κ3) is 6.76. The van der Waals surface area contributed by atoms with E-state index in [0.29, 0.717) is 28.4 Å². The summed E-state index contributed by atoms with van der Waals surface area (Å²) in [5, 5.41) is 8.24. The van der Waals surface area contributed by atoms with E-state index in [-0.39, 0.29) is 23.8 Å². The summed E-state index contributed by atoms with van der Waals surface area (Å²) < 4.78 is 5.73. The quantitative estimate of drug-likeness (QED) is 0.319. The van der Waals surface area contributed by atoms with E-state index >= 15 is 0 Å². The molecule has 41 heavy (non-hydrogen) atoms. The summed E-state index contributed by atoms with van der Waals surface area (Å²) in [5.74, 6) is 0.575. The Hall–Kier alpha value is -3.37. The standard InChI is InChI=1S/C31H34N4O4S2/c36-27(32-24-15-16-24)22-13-11-21(12-14-22)25-18-41-30(33-25)34-28(37)26-19-40-29(23-9-5-2-6-10-23)35(26)31(38)39-17-20-7-3-1-4-8-20/h1,3-4,7-8,11-14,18,23-24,26,29H,2,5-6,9-10,15-17,19H2,(H,32,36)(H,33,34,37). The summed E-state index contributed by atoms with van der Waals surface area (Å²) in [4.78, 5) is 45.6. The van der Waals surface area contributed by atoms with Crippen LogP contribution in [0, 0.1) is 5.92 Å². The van der Waals surface area contributed by atoms with E-state index in [2.05, 4.69) is 15.6 Å². The Morgan fingerprint density at radius 1 is 0.951 bits per heavy atom. The molecule has 1 aliphatic heterocycles. The lowest BCUT2D eigenvalue weighted by Crippen LogP contribution is -2.50. The number of nitrogens with one attached hydrogen (secondary N) is 2. The summed E-state index contributed by atoms with van der Waals surface area (Å²) in [6.07, 6.45) is 7.30. The van der Waals surface area contributed by atoms with Crippen LogP contribution in [0.25, 0.3) is 11.3 Å². The van der Waals surface area contributed by atoms with E-state index in [1.165, 1.54) is 17.8 Å². The number of benzene rings is 2. The Kier molecular flexibility index (Phi) is 8.57. The zero-order chi connectivity index (χ0) is 28.2. The van der Waals surface area contributed by atoms with Crippen LogP contribution in [0.2, 0.25) is 0 Å². The molecule has 1 saturated heterocycles. The van der Waals surface area contributed by atoms with Crippen LogP contribution in [-0.2, 0) is 16.1 Å². The first-order chi connectivity index (χ1) is 20.0. The van der Waals surface area contributed by atoms with E-state index in [0.717, 1.165) is 55.3 Å². The molecular weight excluding hydrogens is 556 g/mol. The molecule has 3 aromatic rings. The minimum atomic E-state index is -0.633. The van der Waals surface area contributed by atoms with E-state index in [9.17, 15) is 14.4 Å². The Labute approximate surface area is 248 Å². The van der Waals surface area contributed by atoms with Gasteiger partial charge in [-0.15, -0.1) is 23.1 Å². The maximum absolute atomic E-state index is 13.5. The predicted octanol–water partition coefficient (Wildman–Crippen LogP) is 6.30. The van der Waals surface area contributed by atoms with Crippen molar-refractivity contribution in [3.8, 4) is 11.3 Å². The van der Waals surface area contributed by atoms with Gasteiger partial charge < -0.3 is 15.4 Å². The van der Waals surface area contributed by atoms with Crippen molar-refractivity contribution in [2.45, 2.75) is 69.0 Å². The highest BCUT2D eigenvalue weighted by Crippen LogP contribution is 2.41. The minimum Gasteiger partial charge on any atom is -0.445 e. The highest BCUT2D eigenvalue weighted by Gasteiger charge is 2.46. The lowest BCUT2D eigenvalue weighted by atomic mass is 9.88. The van der Waals surface area contributed by atoms with Gasteiger partial charge in [0.1, 0.15) is 12.6 Å². The van der Waals surface area contributed by atoms with Crippen molar-refractivity contribution in [2.75, 3.05) is 11.1 Å². The second kappa shape index (κ2) is 12.7. The predicted molar refractivity (Wildman–Crippen MR) is 162 cm³/mol. The van der Waals surface area contributed by atoms with Crippen LogP contribution in [0.3, 0.4) is 0 Å². The van der Waals surface area contributed by atoms with Gasteiger partial charge in [-0.25, -0.2) is 9.78 Å². The van der Waals surface area contributed by atoms with Gasteiger partial charge in [0.05, 0.1) is 11.1 Å². The fraction of sp³-hybridized carbons (Fsp3) is 0.419. The van der Waals surface area contributed by atoms with E-state index in [1.54, 1.807) is 28.8 Å². The maximum atomic E-state index is 13.5. The van der Waals surface area contributed by atoms with Gasteiger partial charge in [-0.2, -0.15) is 0 Å². The average molecular weight is 591 g/mol. The van der Waals surface area contributed by atoms with Gasteiger partial charge in [-0.1, -0.05) is 61.7 Å². The van der Waals surface area contributed by atoms with Gasteiger partial charge in [0.15, 0.2) is 5.13 Å².